The molecule has 1 aromatic carbocycles. The molecular weight excluding hydrogens is 210 g/mol. The summed E-state index contributed by atoms with van der Waals surface area (Å²) in [6, 6.07) is 6.59. The van der Waals surface area contributed by atoms with Crippen LogP contribution < -0.4 is 5.32 Å². The largest absolute Gasteiger partial charge is 0.312 e. The Hall–Kier alpha value is -1.61. The molecule has 2 heterocycles. The maximum atomic E-state index is 4.36. The van der Waals surface area contributed by atoms with Crippen molar-refractivity contribution in [3.8, 4) is 11.1 Å². The third-order valence-corrected chi connectivity index (χ3v) is 3.41. The van der Waals surface area contributed by atoms with Crippen LogP contribution in [0.3, 0.4) is 0 Å². The predicted octanol–water partition coefficient (Wildman–Crippen LogP) is 2.22. The zero-order valence-corrected chi connectivity index (χ0v) is 10.1. The molecule has 0 aliphatic carbocycles. The predicted molar refractivity (Wildman–Crippen MR) is 68.7 cm³/mol. The highest BCUT2D eigenvalue weighted by molar-refractivity contribution is 5.68. The van der Waals surface area contributed by atoms with Gasteiger partial charge in [0.05, 0.1) is 6.20 Å². The van der Waals surface area contributed by atoms with E-state index < -0.39 is 0 Å². The zero-order chi connectivity index (χ0) is 11.7. The van der Waals surface area contributed by atoms with Gasteiger partial charge >= 0.3 is 0 Å². The minimum atomic E-state index is 0.924. The quantitative estimate of drug-likeness (QED) is 0.852. The average Bonchev–Trinajstić information content (AvgIpc) is 2.87. The lowest BCUT2D eigenvalue weighted by Crippen LogP contribution is -2.24. The van der Waals surface area contributed by atoms with E-state index in [2.05, 4.69) is 41.7 Å². The minimum absolute atomic E-state index is 0.924. The summed E-state index contributed by atoms with van der Waals surface area (Å²) in [6.07, 6.45) is 5.23. The number of benzene rings is 1. The smallest absolute Gasteiger partial charge is 0.0568 e. The topological polar surface area (TPSA) is 29.9 Å². The van der Waals surface area contributed by atoms with Gasteiger partial charge in [-0.05, 0) is 36.6 Å². The van der Waals surface area contributed by atoms with Gasteiger partial charge in [-0.2, -0.15) is 5.10 Å². The fourth-order valence-corrected chi connectivity index (χ4v) is 2.46. The second-order valence-corrected chi connectivity index (χ2v) is 4.45. The Labute approximate surface area is 101 Å². The fourth-order valence-electron chi connectivity index (χ4n) is 2.46. The van der Waals surface area contributed by atoms with Crippen molar-refractivity contribution in [2.24, 2.45) is 0 Å². The van der Waals surface area contributed by atoms with Crippen molar-refractivity contribution >= 4 is 0 Å². The van der Waals surface area contributed by atoms with Crippen LogP contribution in [0, 0.1) is 0 Å². The molecule has 0 fully saturated rings. The highest BCUT2D eigenvalue weighted by Crippen LogP contribution is 2.27. The van der Waals surface area contributed by atoms with Gasteiger partial charge in [0.15, 0.2) is 0 Å². The summed E-state index contributed by atoms with van der Waals surface area (Å²) in [7, 11) is 0. The molecule has 1 aromatic heterocycles. The van der Waals surface area contributed by atoms with E-state index in [1.54, 1.807) is 0 Å². The molecule has 0 unspecified atom stereocenters. The van der Waals surface area contributed by atoms with Crippen molar-refractivity contribution in [1.82, 2.24) is 15.1 Å². The number of nitrogens with one attached hydrogen (secondary N) is 1. The molecule has 3 heteroatoms. The lowest BCUT2D eigenvalue weighted by atomic mass is 9.93. The standard InChI is InChI=1S/C14H17N3/c1-2-17-10-12(8-16-17)13-5-3-4-11-6-7-15-9-14(11)13/h3-5,8,10,15H,2,6-7,9H2,1H3. The number of rotatable bonds is 2. The molecule has 17 heavy (non-hydrogen) atoms. The molecule has 0 atom stereocenters. The molecule has 1 aliphatic rings. The van der Waals surface area contributed by atoms with Crippen LogP contribution in [0.5, 0.6) is 0 Å². The van der Waals surface area contributed by atoms with Gasteiger partial charge in [-0.3, -0.25) is 4.68 Å². The first-order valence-electron chi connectivity index (χ1n) is 6.23. The Morgan fingerprint density at radius 3 is 3.18 bits per heavy atom. The molecule has 1 aliphatic heterocycles. The number of aryl methyl sites for hydroxylation is 1. The molecule has 0 saturated carbocycles. The van der Waals surface area contributed by atoms with Crippen LogP contribution in [0.4, 0.5) is 0 Å². The molecule has 1 N–H and O–H groups in total. The van der Waals surface area contributed by atoms with E-state index in [1.807, 2.05) is 10.9 Å². The average molecular weight is 227 g/mol. The van der Waals surface area contributed by atoms with Gasteiger partial charge in [0.25, 0.3) is 0 Å². The Morgan fingerprint density at radius 1 is 1.41 bits per heavy atom. The van der Waals surface area contributed by atoms with E-state index in [1.165, 1.54) is 22.3 Å². The number of fused-ring (bicyclic) bond motifs is 1. The molecule has 0 bridgehead atoms. The number of hydrogen-bond donors (Lipinski definition) is 1. The molecule has 0 radical (unpaired) electrons. The van der Waals surface area contributed by atoms with Crippen molar-refractivity contribution in [2.45, 2.75) is 26.4 Å². The fraction of sp³-hybridized carbons (Fsp3) is 0.357. The Morgan fingerprint density at radius 2 is 2.35 bits per heavy atom. The van der Waals surface area contributed by atoms with Crippen LogP contribution in [0.25, 0.3) is 11.1 Å². The van der Waals surface area contributed by atoms with Gasteiger partial charge in [-0.1, -0.05) is 18.2 Å². The molecule has 0 spiro atoms. The number of nitrogens with zero attached hydrogens (tertiary/aromatic N) is 2. The Balaban J connectivity index is 2.07. The number of aromatic nitrogens is 2. The maximum absolute atomic E-state index is 4.36. The zero-order valence-electron chi connectivity index (χ0n) is 10.1. The SMILES string of the molecule is CCn1cc(-c2cccc3c2CNCC3)cn1. The van der Waals surface area contributed by atoms with Gasteiger partial charge in [-0.25, -0.2) is 0 Å². The highest BCUT2D eigenvalue weighted by atomic mass is 15.3. The Bertz CT molecular complexity index is 528. The van der Waals surface area contributed by atoms with E-state index >= 15 is 0 Å². The molecule has 3 rings (SSSR count). The summed E-state index contributed by atoms with van der Waals surface area (Å²) in [5.41, 5.74) is 5.47. The van der Waals surface area contributed by atoms with Crippen molar-refractivity contribution < 1.29 is 0 Å². The monoisotopic (exact) mass is 227 g/mol. The van der Waals surface area contributed by atoms with Crippen LogP contribution in [0.1, 0.15) is 18.1 Å². The van der Waals surface area contributed by atoms with Crippen LogP contribution in [0.15, 0.2) is 30.6 Å². The van der Waals surface area contributed by atoms with Crippen LogP contribution in [-0.4, -0.2) is 16.3 Å². The maximum Gasteiger partial charge on any atom is 0.0568 e. The lowest BCUT2D eigenvalue weighted by molar-refractivity contribution is 0.645. The van der Waals surface area contributed by atoms with E-state index in [4.69, 9.17) is 0 Å². The van der Waals surface area contributed by atoms with E-state index in [0.29, 0.717) is 0 Å². The van der Waals surface area contributed by atoms with Gasteiger partial charge in [-0.15, -0.1) is 0 Å². The first-order chi connectivity index (χ1) is 8.38. The molecule has 3 nitrogen and oxygen atoms in total. The van der Waals surface area contributed by atoms with Crippen LogP contribution in [0.2, 0.25) is 0 Å². The molecule has 2 aromatic rings. The summed E-state index contributed by atoms with van der Waals surface area (Å²) in [5.74, 6) is 0. The summed E-state index contributed by atoms with van der Waals surface area (Å²) >= 11 is 0. The third-order valence-electron chi connectivity index (χ3n) is 3.41. The molecule has 88 valence electrons. The summed E-state index contributed by atoms with van der Waals surface area (Å²) < 4.78 is 1.98. The second-order valence-electron chi connectivity index (χ2n) is 4.45. The van der Waals surface area contributed by atoms with Crippen molar-refractivity contribution in [3.63, 3.8) is 0 Å². The summed E-state index contributed by atoms with van der Waals surface area (Å²) in [4.78, 5) is 0. The first kappa shape index (κ1) is 10.5. The van der Waals surface area contributed by atoms with Crippen LogP contribution in [-0.2, 0) is 19.5 Å². The van der Waals surface area contributed by atoms with E-state index in [-0.39, 0.29) is 0 Å². The van der Waals surface area contributed by atoms with Gasteiger partial charge in [0, 0.05) is 24.8 Å². The lowest BCUT2D eigenvalue weighted by Gasteiger charge is -2.19. The van der Waals surface area contributed by atoms with E-state index in [0.717, 1.165) is 26.1 Å². The van der Waals surface area contributed by atoms with Crippen molar-refractivity contribution in [2.75, 3.05) is 6.54 Å². The third kappa shape index (κ3) is 1.87. The van der Waals surface area contributed by atoms with Gasteiger partial charge in [0.2, 0.25) is 0 Å². The van der Waals surface area contributed by atoms with Crippen LogP contribution >= 0.6 is 0 Å². The Kier molecular flexibility index (Phi) is 2.69. The molecule has 0 saturated heterocycles. The minimum Gasteiger partial charge on any atom is -0.312 e. The number of hydrogen-bond acceptors (Lipinski definition) is 2. The van der Waals surface area contributed by atoms with Crippen molar-refractivity contribution in [1.29, 1.82) is 0 Å². The highest BCUT2D eigenvalue weighted by Gasteiger charge is 2.14. The first-order valence-corrected chi connectivity index (χ1v) is 6.23. The van der Waals surface area contributed by atoms with Crippen molar-refractivity contribution in [3.05, 3.63) is 41.7 Å². The van der Waals surface area contributed by atoms with E-state index in [9.17, 15) is 0 Å². The van der Waals surface area contributed by atoms with Gasteiger partial charge < -0.3 is 5.32 Å². The summed E-state index contributed by atoms with van der Waals surface area (Å²) in [5, 5.41) is 7.80. The van der Waals surface area contributed by atoms with Gasteiger partial charge in [0.1, 0.15) is 0 Å². The normalized spacial score (nSPS) is 14.6. The summed E-state index contributed by atoms with van der Waals surface area (Å²) in [6.45, 7) is 5.10. The molecule has 0 amide bonds. The molecular formula is C14H17N3. The second kappa shape index (κ2) is 4.34.